The van der Waals surface area contributed by atoms with Crippen LogP contribution in [0.25, 0.3) is 11.1 Å². The van der Waals surface area contributed by atoms with Crippen LogP contribution in [0, 0.1) is 6.92 Å². The summed E-state index contributed by atoms with van der Waals surface area (Å²) in [5.41, 5.74) is 11.8. The number of primary amides is 1. The molecule has 1 aliphatic rings. The van der Waals surface area contributed by atoms with Crippen LogP contribution in [0.4, 0.5) is 0 Å². The van der Waals surface area contributed by atoms with E-state index in [9.17, 15) is 4.79 Å². The van der Waals surface area contributed by atoms with Gasteiger partial charge in [0.2, 0.25) is 0 Å². The molecule has 0 saturated heterocycles. The fraction of sp³-hybridized carbons (Fsp3) is 0.346. The lowest BCUT2D eigenvalue weighted by Crippen LogP contribution is -2.15. The Balaban J connectivity index is 1.81. The minimum atomic E-state index is -0.390. The minimum absolute atomic E-state index is 0.390. The highest BCUT2D eigenvalue weighted by Gasteiger charge is 2.25. The monoisotopic (exact) mass is 418 g/mol. The van der Waals surface area contributed by atoms with E-state index < -0.39 is 5.91 Å². The topological polar surface area (TPSA) is 66.5 Å². The van der Waals surface area contributed by atoms with Crippen LogP contribution in [0.2, 0.25) is 0 Å². The lowest BCUT2D eigenvalue weighted by Gasteiger charge is -2.19. The number of unbranched alkanes of at least 4 members (excludes halogenated alkanes) is 1. The van der Waals surface area contributed by atoms with Crippen LogP contribution in [0.1, 0.15) is 47.1 Å². The lowest BCUT2D eigenvalue weighted by molar-refractivity contribution is 0.1000. The molecule has 1 aliphatic heterocycles. The van der Waals surface area contributed by atoms with Crippen molar-refractivity contribution in [2.24, 2.45) is 5.73 Å². The molecule has 1 aromatic heterocycles. The van der Waals surface area contributed by atoms with Crippen molar-refractivity contribution < 1.29 is 14.3 Å². The summed E-state index contributed by atoms with van der Waals surface area (Å²) in [6, 6.07) is 16.3. The molecular formula is C26H30N2O3. The summed E-state index contributed by atoms with van der Waals surface area (Å²) in [4.78, 5) is 12.6. The van der Waals surface area contributed by atoms with E-state index in [4.69, 9.17) is 15.2 Å². The second-order valence-electron chi connectivity index (χ2n) is 8.00. The van der Waals surface area contributed by atoms with E-state index in [-0.39, 0.29) is 0 Å². The van der Waals surface area contributed by atoms with Gasteiger partial charge in [0, 0.05) is 23.5 Å². The van der Waals surface area contributed by atoms with Gasteiger partial charge in [-0.1, -0.05) is 49.7 Å². The van der Waals surface area contributed by atoms with Crippen LogP contribution in [-0.2, 0) is 19.4 Å². The number of amides is 1. The molecule has 4 rings (SSSR count). The Bertz CT molecular complexity index is 1070. The van der Waals surface area contributed by atoms with E-state index in [1.165, 1.54) is 11.3 Å². The highest BCUT2D eigenvalue weighted by atomic mass is 16.6. The Hall–Kier alpha value is -3.21. The summed E-state index contributed by atoms with van der Waals surface area (Å²) in [6.07, 6.45) is 3.91. The van der Waals surface area contributed by atoms with E-state index >= 15 is 0 Å². The van der Waals surface area contributed by atoms with Gasteiger partial charge >= 0.3 is 0 Å². The molecule has 0 radical (unpaired) electrons. The predicted octanol–water partition coefficient (Wildman–Crippen LogP) is 4.92. The van der Waals surface area contributed by atoms with Gasteiger partial charge in [0.05, 0.1) is 5.56 Å². The van der Waals surface area contributed by atoms with Crippen LogP contribution in [0.15, 0.2) is 48.5 Å². The summed E-state index contributed by atoms with van der Waals surface area (Å²) in [7, 11) is 0. The van der Waals surface area contributed by atoms with E-state index in [0.29, 0.717) is 18.8 Å². The third kappa shape index (κ3) is 4.31. The molecule has 3 aromatic rings. The van der Waals surface area contributed by atoms with Crippen molar-refractivity contribution >= 4 is 5.91 Å². The number of nitrogens with zero attached hydrogens (tertiary/aromatic N) is 1. The van der Waals surface area contributed by atoms with Crippen LogP contribution in [0.5, 0.6) is 11.5 Å². The molecule has 0 bridgehead atoms. The maximum Gasteiger partial charge on any atom is 0.251 e. The van der Waals surface area contributed by atoms with E-state index in [0.717, 1.165) is 60.5 Å². The van der Waals surface area contributed by atoms with Gasteiger partial charge in [0.25, 0.3) is 5.91 Å². The zero-order valence-corrected chi connectivity index (χ0v) is 18.3. The first-order valence-corrected chi connectivity index (χ1v) is 11.1. The average Bonchev–Trinajstić information content (AvgIpc) is 3.08. The fourth-order valence-corrected chi connectivity index (χ4v) is 4.40. The average molecular weight is 419 g/mol. The molecule has 2 aromatic carbocycles. The van der Waals surface area contributed by atoms with Crippen molar-refractivity contribution in [2.75, 3.05) is 13.2 Å². The van der Waals surface area contributed by atoms with Crippen LogP contribution in [0.3, 0.4) is 0 Å². The molecule has 0 spiro atoms. The summed E-state index contributed by atoms with van der Waals surface area (Å²) in [5, 5.41) is 0. The Morgan fingerprint density at radius 2 is 1.77 bits per heavy atom. The van der Waals surface area contributed by atoms with Crippen molar-refractivity contribution in [3.63, 3.8) is 0 Å². The normalized spacial score (nSPS) is 12.7. The fourth-order valence-electron chi connectivity index (χ4n) is 4.40. The molecule has 0 fully saturated rings. The second-order valence-corrected chi connectivity index (χ2v) is 8.00. The molecule has 5 nitrogen and oxygen atoms in total. The number of aromatic nitrogens is 1. The third-order valence-corrected chi connectivity index (χ3v) is 5.94. The molecule has 2 heterocycles. The quantitative estimate of drug-likeness (QED) is 0.565. The van der Waals surface area contributed by atoms with Crippen LogP contribution >= 0.6 is 0 Å². The Morgan fingerprint density at radius 1 is 1.03 bits per heavy atom. The Labute approximate surface area is 183 Å². The molecule has 1 amide bonds. The number of nitrogens with two attached hydrogens (primary N) is 1. The standard InChI is InChI=1S/C26H30N2O3/c1-3-4-10-21-25(20-11-12-22-23(17-20)31-16-15-30-22)24(26(27)29)18(2)28(21)14-13-19-8-6-5-7-9-19/h5-9,11-12,17H,3-4,10,13-16H2,1-2H3,(H2,27,29). The maximum atomic E-state index is 12.6. The number of ether oxygens (including phenoxy) is 2. The molecule has 0 unspecified atom stereocenters. The number of carbonyl (C=O) groups is 1. The number of hydrogen-bond acceptors (Lipinski definition) is 3. The van der Waals surface area contributed by atoms with Crippen molar-refractivity contribution in [3.8, 4) is 22.6 Å². The summed E-state index contributed by atoms with van der Waals surface area (Å²) < 4.78 is 13.8. The minimum Gasteiger partial charge on any atom is -0.486 e. The zero-order valence-electron chi connectivity index (χ0n) is 18.3. The number of benzene rings is 2. The highest BCUT2D eigenvalue weighted by Crippen LogP contribution is 2.39. The lowest BCUT2D eigenvalue weighted by atomic mass is 9.97. The number of hydrogen-bond donors (Lipinski definition) is 1. The number of aryl methyl sites for hydroxylation is 1. The Kier molecular flexibility index (Phi) is 6.31. The van der Waals surface area contributed by atoms with Crippen molar-refractivity contribution in [1.82, 2.24) is 4.57 Å². The largest absolute Gasteiger partial charge is 0.486 e. The van der Waals surface area contributed by atoms with Gasteiger partial charge in [-0.3, -0.25) is 4.79 Å². The molecule has 162 valence electrons. The van der Waals surface area contributed by atoms with E-state index in [1.54, 1.807) is 0 Å². The molecular weight excluding hydrogens is 388 g/mol. The van der Waals surface area contributed by atoms with E-state index in [2.05, 4.69) is 35.8 Å². The zero-order chi connectivity index (χ0) is 21.8. The molecule has 5 heteroatoms. The summed E-state index contributed by atoms with van der Waals surface area (Å²) >= 11 is 0. The molecule has 0 atom stereocenters. The van der Waals surface area contributed by atoms with Gasteiger partial charge in [-0.15, -0.1) is 0 Å². The first-order valence-electron chi connectivity index (χ1n) is 11.1. The number of fused-ring (bicyclic) bond motifs is 1. The van der Waals surface area contributed by atoms with Crippen molar-refractivity contribution in [2.45, 2.75) is 46.1 Å². The predicted molar refractivity (Wildman–Crippen MR) is 123 cm³/mol. The van der Waals surface area contributed by atoms with Crippen LogP contribution in [-0.4, -0.2) is 23.7 Å². The van der Waals surface area contributed by atoms with Crippen LogP contribution < -0.4 is 15.2 Å². The maximum absolute atomic E-state index is 12.6. The van der Waals surface area contributed by atoms with Gasteiger partial charge < -0.3 is 19.8 Å². The molecule has 0 saturated carbocycles. The van der Waals surface area contributed by atoms with Crippen molar-refractivity contribution in [1.29, 1.82) is 0 Å². The molecule has 31 heavy (non-hydrogen) atoms. The Morgan fingerprint density at radius 3 is 2.48 bits per heavy atom. The van der Waals surface area contributed by atoms with Gasteiger partial charge in [-0.2, -0.15) is 0 Å². The first kappa shape index (κ1) is 21.0. The molecule has 2 N–H and O–H groups in total. The third-order valence-electron chi connectivity index (χ3n) is 5.94. The first-order chi connectivity index (χ1) is 15.1. The number of carbonyl (C=O) groups excluding carboxylic acids is 1. The summed E-state index contributed by atoms with van der Waals surface area (Å²) in [6.45, 7) is 6.07. The van der Waals surface area contributed by atoms with Gasteiger partial charge in [0.1, 0.15) is 13.2 Å². The highest BCUT2D eigenvalue weighted by molar-refractivity contribution is 6.02. The van der Waals surface area contributed by atoms with Crippen molar-refractivity contribution in [3.05, 3.63) is 71.0 Å². The second kappa shape index (κ2) is 9.29. The van der Waals surface area contributed by atoms with Gasteiger partial charge in [0.15, 0.2) is 11.5 Å². The SMILES string of the molecule is CCCCc1c(-c2ccc3c(c2)OCCO3)c(C(N)=O)c(C)n1CCc1ccccc1. The summed E-state index contributed by atoms with van der Waals surface area (Å²) in [5.74, 6) is 1.07. The molecule has 0 aliphatic carbocycles. The van der Waals surface area contributed by atoms with Gasteiger partial charge in [-0.25, -0.2) is 0 Å². The smallest absolute Gasteiger partial charge is 0.251 e. The van der Waals surface area contributed by atoms with Gasteiger partial charge in [-0.05, 0) is 49.4 Å². The number of rotatable bonds is 8. The van der Waals surface area contributed by atoms with E-state index in [1.807, 2.05) is 31.2 Å².